The molecule has 9 heteroatoms. The monoisotopic (exact) mass is 293 g/mol. The van der Waals surface area contributed by atoms with Gasteiger partial charge in [-0.2, -0.15) is 0 Å². The molecule has 1 saturated heterocycles. The van der Waals surface area contributed by atoms with Gasteiger partial charge in [-0.05, 0) is 4.92 Å². The van der Waals surface area contributed by atoms with Crippen LogP contribution in [0.25, 0.3) is 0 Å². The van der Waals surface area contributed by atoms with Crippen molar-refractivity contribution >= 4 is 21.7 Å². The van der Waals surface area contributed by atoms with Crippen LogP contribution >= 0.6 is 15.9 Å². The van der Waals surface area contributed by atoms with E-state index in [1.54, 1.807) is 0 Å². The number of rotatable bonds is 5. The summed E-state index contributed by atoms with van der Waals surface area (Å²) >= 11 is 3.33. The lowest BCUT2D eigenvalue weighted by molar-refractivity contribution is -0.391. The largest absolute Gasteiger partial charge is 0.478 e. The fourth-order valence-electron chi connectivity index (χ4n) is 1.24. The molecule has 0 aromatic carbocycles. The van der Waals surface area contributed by atoms with Crippen molar-refractivity contribution < 1.29 is 19.0 Å². The summed E-state index contributed by atoms with van der Waals surface area (Å²) in [6.07, 6.45) is -0.0734. The zero-order valence-electron chi connectivity index (χ0n) is 8.04. The Balaban J connectivity index is 1.90. The van der Waals surface area contributed by atoms with E-state index in [0.29, 0.717) is 12.5 Å². The highest BCUT2D eigenvalue weighted by atomic mass is 79.9. The molecule has 2 heterocycles. The second-order valence-corrected chi connectivity index (χ2v) is 3.89. The van der Waals surface area contributed by atoms with E-state index in [-0.39, 0.29) is 18.6 Å². The van der Waals surface area contributed by atoms with E-state index in [4.69, 9.17) is 9.47 Å². The number of halogens is 1. The van der Waals surface area contributed by atoms with Gasteiger partial charge < -0.3 is 19.6 Å². The maximum atomic E-state index is 10.5. The van der Waals surface area contributed by atoms with Crippen LogP contribution in [0.1, 0.15) is 0 Å². The number of hydrogen-bond acceptors (Lipinski definition) is 7. The second-order valence-electron chi connectivity index (χ2n) is 3.25. The SMILES string of the molecule is O=[N+]([O-])c1nonc1OCC1OCC1CBr. The summed E-state index contributed by atoms with van der Waals surface area (Å²) in [5, 5.41) is 17.7. The molecule has 0 amide bonds. The van der Waals surface area contributed by atoms with Crippen molar-refractivity contribution in [2.24, 2.45) is 5.92 Å². The minimum Gasteiger partial charge on any atom is -0.467 e. The second kappa shape index (κ2) is 4.74. The molecule has 88 valence electrons. The summed E-state index contributed by atoms with van der Waals surface area (Å²) in [7, 11) is 0. The lowest BCUT2D eigenvalue weighted by atomic mass is 10.0. The number of ether oxygens (including phenoxy) is 2. The first kappa shape index (κ1) is 11.3. The van der Waals surface area contributed by atoms with Gasteiger partial charge in [-0.25, -0.2) is 0 Å². The Bertz CT molecular complexity index is 382. The summed E-state index contributed by atoms with van der Waals surface area (Å²) in [6, 6.07) is 0. The molecule has 0 spiro atoms. The molecular formula is C7H8BrN3O5. The van der Waals surface area contributed by atoms with E-state index in [0.717, 1.165) is 5.33 Å². The molecule has 2 unspecified atom stereocenters. The lowest BCUT2D eigenvalue weighted by Crippen LogP contribution is -2.44. The highest BCUT2D eigenvalue weighted by Crippen LogP contribution is 2.25. The van der Waals surface area contributed by atoms with Crippen molar-refractivity contribution in [3.8, 4) is 5.88 Å². The van der Waals surface area contributed by atoms with Crippen molar-refractivity contribution in [3.05, 3.63) is 10.1 Å². The van der Waals surface area contributed by atoms with E-state index >= 15 is 0 Å². The maximum absolute atomic E-state index is 10.5. The van der Waals surface area contributed by atoms with Gasteiger partial charge in [0, 0.05) is 16.4 Å². The number of hydrogen-bond donors (Lipinski definition) is 0. The molecule has 1 aliphatic heterocycles. The van der Waals surface area contributed by atoms with Crippen molar-refractivity contribution in [1.29, 1.82) is 0 Å². The Morgan fingerprint density at radius 2 is 2.44 bits per heavy atom. The third kappa shape index (κ3) is 2.14. The van der Waals surface area contributed by atoms with Crippen molar-refractivity contribution in [3.63, 3.8) is 0 Å². The minimum atomic E-state index is -0.713. The van der Waals surface area contributed by atoms with Crippen LogP contribution in [0.2, 0.25) is 0 Å². The number of alkyl halides is 1. The van der Waals surface area contributed by atoms with Gasteiger partial charge in [0.2, 0.25) is 0 Å². The Morgan fingerprint density at radius 3 is 3.00 bits per heavy atom. The van der Waals surface area contributed by atoms with Crippen molar-refractivity contribution in [2.75, 3.05) is 18.5 Å². The predicted molar refractivity (Wildman–Crippen MR) is 53.5 cm³/mol. The maximum Gasteiger partial charge on any atom is 0.478 e. The van der Waals surface area contributed by atoms with Gasteiger partial charge in [0.15, 0.2) is 5.16 Å². The minimum absolute atomic E-state index is 0.0734. The molecule has 0 saturated carbocycles. The van der Waals surface area contributed by atoms with Crippen molar-refractivity contribution in [1.82, 2.24) is 10.3 Å². The van der Waals surface area contributed by atoms with Crippen LogP contribution in [-0.4, -0.2) is 39.9 Å². The molecule has 8 nitrogen and oxygen atoms in total. The predicted octanol–water partition coefficient (Wildman–Crippen LogP) is 0.766. The van der Waals surface area contributed by atoms with Gasteiger partial charge in [-0.1, -0.05) is 15.9 Å². The summed E-state index contributed by atoms with van der Waals surface area (Å²) < 4.78 is 14.6. The average Bonchev–Trinajstić information content (AvgIpc) is 2.65. The molecule has 0 radical (unpaired) electrons. The van der Waals surface area contributed by atoms with Gasteiger partial charge in [-0.15, -0.1) is 4.63 Å². The number of aromatic nitrogens is 2. The normalized spacial score (nSPS) is 23.8. The average molecular weight is 294 g/mol. The fourth-order valence-corrected chi connectivity index (χ4v) is 1.84. The highest BCUT2D eigenvalue weighted by molar-refractivity contribution is 9.09. The Morgan fingerprint density at radius 1 is 1.62 bits per heavy atom. The zero-order valence-corrected chi connectivity index (χ0v) is 9.62. The van der Waals surface area contributed by atoms with Gasteiger partial charge >= 0.3 is 11.7 Å². The quantitative estimate of drug-likeness (QED) is 0.449. The molecule has 1 fully saturated rings. The molecular weight excluding hydrogens is 286 g/mol. The van der Waals surface area contributed by atoms with Gasteiger partial charge in [0.25, 0.3) is 0 Å². The van der Waals surface area contributed by atoms with Crippen LogP contribution < -0.4 is 4.74 Å². The van der Waals surface area contributed by atoms with E-state index in [9.17, 15) is 10.1 Å². The first-order valence-corrected chi connectivity index (χ1v) is 5.62. The smallest absolute Gasteiger partial charge is 0.467 e. The molecule has 16 heavy (non-hydrogen) atoms. The summed E-state index contributed by atoms with van der Waals surface area (Å²) in [5.41, 5.74) is 0. The van der Waals surface area contributed by atoms with E-state index in [1.165, 1.54) is 0 Å². The van der Waals surface area contributed by atoms with Gasteiger partial charge in [0.1, 0.15) is 6.61 Å². The fraction of sp³-hybridized carbons (Fsp3) is 0.714. The molecule has 1 aromatic rings. The summed E-state index contributed by atoms with van der Waals surface area (Å²) in [6.45, 7) is 0.865. The van der Waals surface area contributed by atoms with Crippen LogP contribution in [0.15, 0.2) is 4.63 Å². The van der Waals surface area contributed by atoms with E-state index < -0.39 is 10.7 Å². The van der Waals surface area contributed by atoms with Crippen LogP contribution in [0.4, 0.5) is 5.82 Å². The molecule has 1 aliphatic rings. The Hall–Kier alpha value is -1.22. The van der Waals surface area contributed by atoms with E-state index in [2.05, 4.69) is 30.9 Å². The number of nitrogens with zero attached hydrogens (tertiary/aromatic N) is 3. The Labute approximate surface area is 98.1 Å². The molecule has 0 N–H and O–H groups in total. The van der Waals surface area contributed by atoms with Crippen LogP contribution in [0, 0.1) is 16.0 Å². The summed E-state index contributed by atoms with van der Waals surface area (Å²) in [5.74, 6) is -0.373. The topological polar surface area (TPSA) is 101 Å². The van der Waals surface area contributed by atoms with Gasteiger partial charge in [0.05, 0.1) is 12.7 Å². The molecule has 2 atom stereocenters. The Kier molecular flexibility index (Phi) is 3.34. The number of nitro groups is 1. The van der Waals surface area contributed by atoms with Crippen LogP contribution in [0.5, 0.6) is 5.88 Å². The van der Waals surface area contributed by atoms with Crippen molar-refractivity contribution in [2.45, 2.75) is 6.10 Å². The zero-order chi connectivity index (χ0) is 11.5. The first-order chi connectivity index (χ1) is 7.72. The molecule has 1 aromatic heterocycles. The molecule has 0 bridgehead atoms. The van der Waals surface area contributed by atoms with E-state index in [1.807, 2.05) is 0 Å². The third-order valence-corrected chi connectivity index (χ3v) is 3.08. The highest BCUT2D eigenvalue weighted by Gasteiger charge is 2.33. The standard InChI is InChI=1S/C7H8BrN3O5/c8-1-4-2-14-5(4)3-15-7-6(11(12)13)9-16-10-7/h4-5H,1-3H2. The molecule has 0 aliphatic carbocycles. The first-order valence-electron chi connectivity index (χ1n) is 4.49. The summed E-state index contributed by atoms with van der Waals surface area (Å²) in [4.78, 5) is 9.74. The lowest BCUT2D eigenvalue weighted by Gasteiger charge is -2.34. The van der Waals surface area contributed by atoms with Gasteiger partial charge in [-0.3, -0.25) is 0 Å². The molecule has 2 rings (SSSR count). The third-order valence-electron chi connectivity index (χ3n) is 2.25. The van der Waals surface area contributed by atoms with Crippen LogP contribution in [-0.2, 0) is 4.74 Å². The van der Waals surface area contributed by atoms with Crippen LogP contribution in [0.3, 0.4) is 0 Å².